The minimum Gasteiger partial charge on any atom is -0.465 e. The van der Waals surface area contributed by atoms with Crippen molar-refractivity contribution in [2.45, 2.75) is 39.2 Å². The number of rotatable bonds is 3. The Kier molecular flexibility index (Phi) is 3.31. The molecule has 0 aliphatic carbocycles. The minimum absolute atomic E-state index is 0.0579. The summed E-state index contributed by atoms with van der Waals surface area (Å²) < 4.78 is 10.4. The summed E-state index contributed by atoms with van der Waals surface area (Å²) >= 11 is 0. The van der Waals surface area contributed by atoms with Crippen molar-refractivity contribution in [1.29, 1.82) is 0 Å². The number of esters is 1. The summed E-state index contributed by atoms with van der Waals surface area (Å²) in [6.07, 6.45) is 1.64. The quantitative estimate of drug-likeness (QED) is 0.630. The third kappa shape index (κ3) is 3.77. The normalized spacial score (nSPS) is 23.3. The molecule has 0 saturated carbocycles. The number of carbonyl (C=O) groups is 1. The first-order valence-electron chi connectivity index (χ1n) is 4.79. The third-order valence-electron chi connectivity index (χ3n) is 2.05. The lowest BCUT2D eigenvalue weighted by Crippen LogP contribution is -2.21. The predicted molar refractivity (Wildman–Crippen MR) is 49.4 cm³/mol. The van der Waals surface area contributed by atoms with E-state index in [0.717, 1.165) is 12.8 Å². The van der Waals surface area contributed by atoms with Crippen LogP contribution < -0.4 is 0 Å². The lowest BCUT2D eigenvalue weighted by atomic mass is 10.1. The second-order valence-electron chi connectivity index (χ2n) is 4.40. The molecule has 1 heterocycles. The van der Waals surface area contributed by atoms with Crippen molar-refractivity contribution in [3.63, 3.8) is 0 Å². The Labute approximate surface area is 79.4 Å². The summed E-state index contributed by atoms with van der Waals surface area (Å²) in [7, 11) is 0. The van der Waals surface area contributed by atoms with Crippen LogP contribution in [0, 0.1) is 5.92 Å². The number of carbonyl (C=O) groups excluding carboxylic acids is 1. The Morgan fingerprint density at radius 2 is 2.23 bits per heavy atom. The Morgan fingerprint density at radius 3 is 2.69 bits per heavy atom. The monoisotopic (exact) mass is 186 g/mol. The van der Waals surface area contributed by atoms with Gasteiger partial charge in [-0.25, -0.2) is 0 Å². The molecule has 1 unspecified atom stereocenters. The van der Waals surface area contributed by atoms with Crippen LogP contribution in [0.5, 0.6) is 0 Å². The molecule has 0 aromatic heterocycles. The van der Waals surface area contributed by atoms with Crippen LogP contribution in [0.3, 0.4) is 0 Å². The van der Waals surface area contributed by atoms with Crippen molar-refractivity contribution in [2.75, 3.05) is 13.2 Å². The summed E-state index contributed by atoms with van der Waals surface area (Å²) in [5.74, 6) is 0.0138. The van der Waals surface area contributed by atoms with Gasteiger partial charge in [-0.2, -0.15) is 0 Å². The number of ether oxygens (including phenoxy) is 2. The van der Waals surface area contributed by atoms with Crippen molar-refractivity contribution in [2.24, 2.45) is 5.92 Å². The van der Waals surface area contributed by atoms with Crippen molar-refractivity contribution in [3.8, 4) is 0 Å². The van der Waals surface area contributed by atoms with E-state index in [1.165, 1.54) is 0 Å². The van der Waals surface area contributed by atoms with Gasteiger partial charge in [-0.15, -0.1) is 0 Å². The number of hydrogen-bond acceptors (Lipinski definition) is 3. The zero-order valence-electron chi connectivity index (χ0n) is 8.63. The molecule has 1 aliphatic rings. The Balaban J connectivity index is 2.16. The highest BCUT2D eigenvalue weighted by atomic mass is 16.5. The molecule has 1 atom stereocenters. The van der Waals surface area contributed by atoms with Crippen LogP contribution in [0.1, 0.15) is 33.6 Å². The maximum absolute atomic E-state index is 11.1. The molecular weight excluding hydrogens is 168 g/mol. The van der Waals surface area contributed by atoms with Gasteiger partial charge in [0.1, 0.15) is 0 Å². The molecule has 3 nitrogen and oxygen atoms in total. The largest absolute Gasteiger partial charge is 0.465 e. The molecule has 1 fully saturated rings. The van der Waals surface area contributed by atoms with Crippen molar-refractivity contribution in [3.05, 3.63) is 0 Å². The molecule has 0 N–H and O–H groups in total. The van der Waals surface area contributed by atoms with Crippen LogP contribution in [0.2, 0.25) is 0 Å². The first-order chi connectivity index (χ1) is 5.99. The molecule has 0 bridgehead atoms. The molecule has 76 valence electrons. The average Bonchev–Trinajstić information content (AvgIpc) is 2.34. The van der Waals surface area contributed by atoms with E-state index in [2.05, 4.69) is 0 Å². The van der Waals surface area contributed by atoms with Crippen LogP contribution in [0.4, 0.5) is 0 Å². The Hall–Kier alpha value is -0.570. The SMILES string of the molecule is CC(C)(C)OCCC1CCOC1=O. The molecule has 13 heavy (non-hydrogen) atoms. The highest BCUT2D eigenvalue weighted by Gasteiger charge is 2.26. The smallest absolute Gasteiger partial charge is 0.309 e. The van der Waals surface area contributed by atoms with Crippen LogP contribution in [0.25, 0.3) is 0 Å². The molecule has 0 radical (unpaired) electrons. The van der Waals surface area contributed by atoms with Crippen LogP contribution >= 0.6 is 0 Å². The third-order valence-corrected chi connectivity index (χ3v) is 2.05. The van der Waals surface area contributed by atoms with Gasteiger partial charge >= 0.3 is 5.97 Å². The molecule has 0 spiro atoms. The van der Waals surface area contributed by atoms with Gasteiger partial charge < -0.3 is 9.47 Å². The zero-order valence-corrected chi connectivity index (χ0v) is 8.63. The standard InChI is InChI=1S/C10H18O3/c1-10(2,3)13-7-5-8-4-6-12-9(8)11/h8H,4-7H2,1-3H3. The fourth-order valence-corrected chi connectivity index (χ4v) is 1.31. The van der Waals surface area contributed by atoms with Gasteiger partial charge in [0, 0.05) is 6.61 Å². The molecule has 1 aliphatic heterocycles. The highest BCUT2D eigenvalue weighted by Crippen LogP contribution is 2.19. The first-order valence-corrected chi connectivity index (χ1v) is 4.79. The summed E-state index contributed by atoms with van der Waals surface area (Å²) in [5, 5.41) is 0. The molecule has 1 saturated heterocycles. The van der Waals surface area contributed by atoms with Crippen molar-refractivity contribution in [1.82, 2.24) is 0 Å². The molecule has 0 aromatic rings. The van der Waals surface area contributed by atoms with Gasteiger partial charge in [0.25, 0.3) is 0 Å². The molecule has 3 heteroatoms. The summed E-state index contributed by atoms with van der Waals surface area (Å²) in [6.45, 7) is 7.27. The van der Waals surface area contributed by atoms with Gasteiger partial charge in [0.2, 0.25) is 0 Å². The second kappa shape index (κ2) is 4.09. The van der Waals surface area contributed by atoms with Gasteiger partial charge in [0.05, 0.1) is 18.1 Å². The first kappa shape index (κ1) is 10.5. The molecule has 0 amide bonds. The van der Waals surface area contributed by atoms with Crippen molar-refractivity contribution < 1.29 is 14.3 Å². The van der Waals surface area contributed by atoms with E-state index in [4.69, 9.17) is 9.47 Å². The second-order valence-corrected chi connectivity index (χ2v) is 4.40. The van der Waals surface area contributed by atoms with Gasteiger partial charge in [-0.3, -0.25) is 4.79 Å². The van der Waals surface area contributed by atoms with Crippen LogP contribution in [-0.2, 0) is 14.3 Å². The zero-order chi connectivity index (χ0) is 9.90. The maximum Gasteiger partial charge on any atom is 0.309 e. The Bertz CT molecular complexity index is 181. The van der Waals surface area contributed by atoms with Gasteiger partial charge in [-0.05, 0) is 33.6 Å². The van der Waals surface area contributed by atoms with E-state index < -0.39 is 0 Å². The fourth-order valence-electron chi connectivity index (χ4n) is 1.31. The van der Waals surface area contributed by atoms with E-state index in [-0.39, 0.29) is 17.5 Å². The fraction of sp³-hybridized carbons (Fsp3) is 0.900. The van der Waals surface area contributed by atoms with E-state index in [0.29, 0.717) is 13.2 Å². The minimum atomic E-state index is -0.109. The van der Waals surface area contributed by atoms with Gasteiger partial charge in [-0.1, -0.05) is 0 Å². The predicted octanol–water partition coefficient (Wildman–Crippen LogP) is 1.75. The number of cyclic esters (lactones) is 1. The molecular formula is C10H18O3. The summed E-state index contributed by atoms with van der Waals surface area (Å²) in [6, 6.07) is 0. The number of hydrogen-bond donors (Lipinski definition) is 0. The van der Waals surface area contributed by atoms with Gasteiger partial charge in [0.15, 0.2) is 0 Å². The average molecular weight is 186 g/mol. The Morgan fingerprint density at radius 1 is 1.54 bits per heavy atom. The van der Waals surface area contributed by atoms with Crippen molar-refractivity contribution >= 4 is 5.97 Å². The summed E-state index contributed by atoms with van der Waals surface area (Å²) in [4.78, 5) is 11.1. The van der Waals surface area contributed by atoms with Crippen LogP contribution in [0.15, 0.2) is 0 Å². The topological polar surface area (TPSA) is 35.5 Å². The van der Waals surface area contributed by atoms with E-state index in [1.807, 2.05) is 20.8 Å². The van der Waals surface area contributed by atoms with E-state index in [9.17, 15) is 4.79 Å². The molecule has 0 aromatic carbocycles. The maximum atomic E-state index is 11.1. The van der Waals surface area contributed by atoms with E-state index in [1.54, 1.807) is 0 Å². The van der Waals surface area contributed by atoms with E-state index >= 15 is 0 Å². The lowest BCUT2D eigenvalue weighted by Gasteiger charge is -2.19. The molecule has 1 rings (SSSR count). The lowest BCUT2D eigenvalue weighted by molar-refractivity contribution is -0.142. The highest BCUT2D eigenvalue weighted by molar-refractivity contribution is 5.74. The summed E-state index contributed by atoms with van der Waals surface area (Å²) in [5.41, 5.74) is -0.109. The van der Waals surface area contributed by atoms with Crippen LogP contribution in [-0.4, -0.2) is 24.8 Å².